The third kappa shape index (κ3) is 5.32. The van der Waals surface area contributed by atoms with E-state index in [4.69, 9.17) is 16.3 Å². The van der Waals surface area contributed by atoms with Gasteiger partial charge in [-0.3, -0.25) is 9.79 Å². The molecule has 1 fully saturated rings. The van der Waals surface area contributed by atoms with Crippen LogP contribution in [0.4, 0.5) is 14.5 Å². The van der Waals surface area contributed by atoms with Crippen molar-refractivity contribution in [3.63, 3.8) is 0 Å². The summed E-state index contributed by atoms with van der Waals surface area (Å²) in [4.78, 5) is 23.3. The highest BCUT2D eigenvalue weighted by Crippen LogP contribution is 2.32. The van der Waals surface area contributed by atoms with Gasteiger partial charge in [0.2, 0.25) is 0 Å². The third-order valence-corrected chi connectivity index (χ3v) is 7.34. The number of rotatable bonds is 6. The molecule has 1 aromatic carbocycles. The number of carbonyl (C=O) groups excluding carboxylic acids is 1. The Balaban J connectivity index is 1.24. The van der Waals surface area contributed by atoms with Crippen molar-refractivity contribution in [2.75, 3.05) is 38.6 Å². The highest BCUT2D eigenvalue weighted by molar-refractivity contribution is 6.46. The summed E-state index contributed by atoms with van der Waals surface area (Å²) >= 11 is 6.45. The molecule has 1 amide bonds. The molecule has 1 aliphatic carbocycles. The van der Waals surface area contributed by atoms with Crippen LogP contribution < -0.4 is 16.0 Å². The normalized spacial score (nSPS) is 25.6. The number of alkyl halides is 1. The first kappa shape index (κ1) is 25.6. The predicted octanol–water partition coefficient (Wildman–Crippen LogP) is 3.59. The number of piperidine rings is 1. The zero-order chi connectivity index (χ0) is 25.9. The number of carbonyl (C=O) groups is 1. The van der Waals surface area contributed by atoms with E-state index in [1.165, 1.54) is 13.2 Å². The van der Waals surface area contributed by atoms with Gasteiger partial charge >= 0.3 is 0 Å². The fourth-order valence-corrected chi connectivity index (χ4v) is 5.18. The van der Waals surface area contributed by atoms with E-state index in [2.05, 4.69) is 25.9 Å². The Morgan fingerprint density at radius 3 is 2.89 bits per heavy atom. The molecule has 0 saturated carbocycles. The first-order valence-electron chi connectivity index (χ1n) is 12.3. The van der Waals surface area contributed by atoms with Gasteiger partial charge in [-0.1, -0.05) is 23.8 Å². The van der Waals surface area contributed by atoms with Gasteiger partial charge in [0, 0.05) is 37.3 Å². The summed E-state index contributed by atoms with van der Waals surface area (Å²) in [6.45, 7) is 2.81. The fourth-order valence-electron chi connectivity index (χ4n) is 4.91. The number of fused-ring (bicyclic) bond motifs is 1. The molecule has 3 aliphatic heterocycles. The fraction of sp³-hybridized carbons (Fsp3) is 0.423. The standard InChI is InChI=1S/C26H29ClF2N6O2/c1-37-21-5-4-18(22(28)23(21)29)20-14-32-25-24(31-10-11-35(20)25)34-16-2-3-17(19(27)12-16)26(36)33-13-15-6-8-30-9-7-15/h2-5,10-12,15,20-21,23,30H,6-9,13-14H2,1H3,(H,31,34)(H,33,36). The molecule has 8 nitrogen and oxygen atoms in total. The van der Waals surface area contributed by atoms with Gasteiger partial charge in [0.25, 0.3) is 5.91 Å². The van der Waals surface area contributed by atoms with Crippen LogP contribution in [0.1, 0.15) is 23.2 Å². The summed E-state index contributed by atoms with van der Waals surface area (Å²) in [5.74, 6) is 0.357. The molecule has 1 saturated heterocycles. The molecular formula is C26H29ClF2N6O2. The second kappa shape index (κ2) is 11.1. The molecule has 0 radical (unpaired) electrons. The molecule has 1 aromatic rings. The highest BCUT2D eigenvalue weighted by atomic mass is 35.5. The largest absolute Gasteiger partial charge is 0.374 e. The van der Waals surface area contributed by atoms with Crippen LogP contribution in [-0.4, -0.2) is 74.1 Å². The second-order valence-electron chi connectivity index (χ2n) is 9.35. The summed E-state index contributed by atoms with van der Waals surface area (Å²) in [7, 11) is 1.35. The van der Waals surface area contributed by atoms with Gasteiger partial charge in [-0.2, -0.15) is 0 Å². The average Bonchev–Trinajstić information content (AvgIpc) is 3.34. The van der Waals surface area contributed by atoms with E-state index in [1.807, 2.05) is 0 Å². The van der Waals surface area contributed by atoms with Gasteiger partial charge in [-0.15, -0.1) is 0 Å². The number of hydrogen-bond acceptors (Lipinski definition) is 7. The summed E-state index contributed by atoms with van der Waals surface area (Å²) < 4.78 is 34.2. The van der Waals surface area contributed by atoms with Crippen LogP contribution in [0.3, 0.4) is 0 Å². The van der Waals surface area contributed by atoms with Crippen molar-refractivity contribution in [2.24, 2.45) is 15.9 Å². The lowest BCUT2D eigenvalue weighted by Crippen LogP contribution is -2.42. The minimum absolute atomic E-state index is 0.208. The number of amidine groups is 2. The van der Waals surface area contributed by atoms with Gasteiger partial charge in [0.05, 0.1) is 23.2 Å². The first-order chi connectivity index (χ1) is 18.0. The Morgan fingerprint density at radius 1 is 1.32 bits per heavy atom. The summed E-state index contributed by atoms with van der Waals surface area (Å²) in [6.07, 6.45) is 5.62. The molecule has 0 aromatic heterocycles. The zero-order valence-corrected chi connectivity index (χ0v) is 21.1. The van der Waals surface area contributed by atoms with Crippen molar-refractivity contribution < 1.29 is 18.3 Å². The van der Waals surface area contributed by atoms with E-state index in [1.54, 1.807) is 41.6 Å². The lowest BCUT2D eigenvalue weighted by Gasteiger charge is -2.30. The molecule has 3 unspecified atom stereocenters. The van der Waals surface area contributed by atoms with Crippen molar-refractivity contribution in [3.8, 4) is 0 Å². The van der Waals surface area contributed by atoms with Gasteiger partial charge < -0.3 is 25.6 Å². The smallest absolute Gasteiger partial charge is 0.252 e. The van der Waals surface area contributed by atoms with Crippen LogP contribution in [0.25, 0.3) is 0 Å². The Kier molecular flexibility index (Phi) is 7.68. The van der Waals surface area contributed by atoms with Crippen LogP contribution in [0.2, 0.25) is 5.02 Å². The maximum Gasteiger partial charge on any atom is 0.252 e. The number of amides is 1. The number of nitrogens with one attached hydrogen (secondary N) is 3. The molecule has 4 aliphatic rings. The monoisotopic (exact) mass is 530 g/mol. The molecule has 3 atom stereocenters. The Labute approximate surface area is 219 Å². The van der Waals surface area contributed by atoms with Crippen LogP contribution >= 0.6 is 11.6 Å². The number of ether oxygens (including phenoxy) is 1. The Hall–Kier alpha value is -3.08. The SMILES string of the molecule is COC1C=CC(C2CN=C3C(Nc4ccc(C(=O)NCC5CCNCC5)c(Cl)c4)=NC=CN32)=C(F)C1F. The number of aliphatic imine (C=N–C) groups is 2. The molecular weight excluding hydrogens is 502 g/mol. The predicted molar refractivity (Wildman–Crippen MR) is 140 cm³/mol. The van der Waals surface area contributed by atoms with Gasteiger partial charge in [0.15, 0.2) is 17.8 Å². The van der Waals surface area contributed by atoms with E-state index in [9.17, 15) is 13.6 Å². The van der Waals surface area contributed by atoms with Crippen molar-refractivity contribution in [3.05, 3.63) is 64.7 Å². The van der Waals surface area contributed by atoms with E-state index < -0.39 is 24.1 Å². The lowest BCUT2D eigenvalue weighted by atomic mass is 9.95. The second-order valence-corrected chi connectivity index (χ2v) is 9.76. The van der Waals surface area contributed by atoms with Crippen molar-refractivity contribution in [1.29, 1.82) is 0 Å². The Morgan fingerprint density at radius 2 is 2.14 bits per heavy atom. The van der Waals surface area contributed by atoms with Gasteiger partial charge in [-0.25, -0.2) is 13.8 Å². The first-order valence-corrected chi connectivity index (χ1v) is 12.7. The topological polar surface area (TPSA) is 90.3 Å². The van der Waals surface area contributed by atoms with E-state index in [0.29, 0.717) is 40.4 Å². The molecule has 196 valence electrons. The lowest BCUT2D eigenvalue weighted by molar-refractivity contribution is 0.0692. The quantitative estimate of drug-likeness (QED) is 0.523. The van der Waals surface area contributed by atoms with Gasteiger partial charge in [-0.05, 0) is 50.0 Å². The van der Waals surface area contributed by atoms with Crippen LogP contribution in [-0.2, 0) is 4.74 Å². The molecule has 0 spiro atoms. The summed E-state index contributed by atoms with van der Waals surface area (Å²) in [6, 6.07) is 4.57. The van der Waals surface area contributed by atoms with Crippen molar-refractivity contribution >= 4 is 34.9 Å². The number of hydrogen-bond donors (Lipinski definition) is 3. The zero-order valence-electron chi connectivity index (χ0n) is 20.4. The molecule has 3 heterocycles. The van der Waals surface area contributed by atoms with E-state index in [-0.39, 0.29) is 18.0 Å². The average molecular weight is 531 g/mol. The van der Waals surface area contributed by atoms with E-state index >= 15 is 0 Å². The van der Waals surface area contributed by atoms with Gasteiger partial charge in [0.1, 0.15) is 11.9 Å². The molecule has 5 rings (SSSR count). The maximum absolute atomic E-state index is 14.8. The highest BCUT2D eigenvalue weighted by Gasteiger charge is 2.38. The van der Waals surface area contributed by atoms with E-state index in [0.717, 1.165) is 25.9 Å². The Bertz CT molecular complexity index is 1210. The number of nitrogens with zero attached hydrogens (tertiary/aromatic N) is 3. The summed E-state index contributed by atoms with van der Waals surface area (Å²) in [5, 5.41) is 9.79. The third-order valence-electron chi connectivity index (χ3n) is 7.03. The number of anilines is 1. The maximum atomic E-state index is 14.8. The van der Waals surface area contributed by atoms with Crippen LogP contribution in [0, 0.1) is 5.92 Å². The molecule has 3 N–H and O–H groups in total. The number of benzene rings is 1. The van der Waals surface area contributed by atoms with Crippen LogP contribution in [0.15, 0.2) is 64.1 Å². The van der Waals surface area contributed by atoms with Crippen molar-refractivity contribution in [1.82, 2.24) is 15.5 Å². The van der Waals surface area contributed by atoms with Crippen molar-refractivity contribution in [2.45, 2.75) is 31.2 Å². The molecule has 0 bridgehead atoms. The summed E-state index contributed by atoms with van der Waals surface area (Å²) in [5.41, 5.74) is 1.25. The number of halogens is 3. The minimum atomic E-state index is -1.85. The number of methoxy groups -OCH3 is 1. The molecule has 11 heteroatoms. The molecule has 37 heavy (non-hydrogen) atoms. The van der Waals surface area contributed by atoms with Crippen LogP contribution in [0.5, 0.6) is 0 Å². The minimum Gasteiger partial charge on any atom is -0.374 e.